The van der Waals surface area contributed by atoms with Crippen molar-refractivity contribution in [3.8, 4) is 5.75 Å². The summed E-state index contributed by atoms with van der Waals surface area (Å²) in [4.78, 5) is 14.6. The fourth-order valence-corrected chi connectivity index (χ4v) is 3.85. The van der Waals surface area contributed by atoms with Crippen LogP contribution in [-0.2, 0) is 16.1 Å². The van der Waals surface area contributed by atoms with E-state index in [4.69, 9.17) is 9.47 Å². The van der Waals surface area contributed by atoms with Gasteiger partial charge in [0.2, 0.25) is 5.91 Å². The third-order valence-electron chi connectivity index (χ3n) is 4.26. The number of nitrogens with zero attached hydrogens (tertiary/aromatic N) is 1. The summed E-state index contributed by atoms with van der Waals surface area (Å²) in [6, 6.07) is 17.6. The van der Waals surface area contributed by atoms with Gasteiger partial charge < -0.3 is 14.8 Å². The summed E-state index contributed by atoms with van der Waals surface area (Å²) in [5, 5.41) is 2.97. The van der Waals surface area contributed by atoms with Gasteiger partial charge in [-0.25, -0.2) is 0 Å². The van der Waals surface area contributed by atoms with Crippen LogP contribution in [0.15, 0.2) is 54.6 Å². The Labute approximate surface area is 165 Å². The van der Waals surface area contributed by atoms with Crippen LogP contribution < -0.4 is 10.1 Å². The first-order chi connectivity index (χ1) is 13.3. The first-order valence-corrected chi connectivity index (χ1v) is 10.4. The third kappa shape index (κ3) is 6.90. The molecule has 0 spiro atoms. The number of benzene rings is 2. The Balaban J connectivity index is 1.39. The zero-order valence-corrected chi connectivity index (χ0v) is 16.2. The van der Waals surface area contributed by atoms with E-state index in [2.05, 4.69) is 16.3 Å². The number of hydrogen-bond donors (Lipinski definition) is 1. The fraction of sp³-hybridized carbons (Fsp3) is 0.381. The smallest absolute Gasteiger partial charge is 0.250 e. The Hall–Kier alpha value is -2.02. The number of ether oxygens (including phenoxy) is 2. The van der Waals surface area contributed by atoms with Crippen molar-refractivity contribution in [2.75, 3.05) is 49.7 Å². The largest absolute Gasteiger partial charge is 0.491 e. The Morgan fingerprint density at radius 2 is 1.74 bits per heavy atom. The van der Waals surface area contributed by atoms with Crippen molar-refractivity contribution >= 4 is 23.4 Å². The Kier molecular flexibility index (Phi) is 8.02. The highest BCUT2D eigenvalue weighted by Crippen LogP contribution is 2.19. The van der Waals surface area contributed by atoms with E-state index in [-0.39, 0.29) is 12.5 Å². The molecule has 1 heterocycles. The molecule has 0 saturated carbocycles. The van der Waals surface area contributed by atoms with Crippen LogP contribution in [0.1, 0.15) is 5.56 Å². The standard InChI is InChI=1S/C21H26N2O3S/c24-21(17-25-12-13-26-19-7-2-1-3-8-19)22-20-9-5-4-6-18(20)16-23-10-14-27-15-11-23/h1-9H,10-17H2,(H,22,24). The van der Waals surface area contributed by atoms with Crippen LogP contribution in [0.25, 0.3) is 0 Å². The van der Waals surface area contributed by atoms with Crippen molar-refractivity contribution in [1.29, 1.82) is 0 Å². The maximum Gasteiger partial charge on any atom is 0.250 e. The maximum atomic E-state index is 12.2. The van der Waals surface area contributed by atoms with Gasteiger partial charge in [0.05, 0.1) is 6.61 Å². The first kappa shape index (κ1) is 19.7. The molecule has 0 aliphatic carbocycles. The second-order valence-electron chi connectivity index (χ2n) is 6.31. The molecule has 0 atom stereocenters. The molecule has 144 valence electrons. The number of anilines is 1. The van der Waals surface area contributed by atoms with Crippen LogP contribution in [0.5, 0.6) is 5.75 Å². The SMILES string of the molecule is O=C(COCCOc1ccccc1)Nc1ccccc1CN1CCSCC1. The van der Waals surface area contributed by atoms with Crippen LogP contribution in [0.4, 0.5) is 5.69 Å². The summed E-state index contributed by atoms with van der Waals surface area (Å²) < 4.78 is 11.0. The molecular formula is C21H26N2O3S. The predicted molar refractivity (Wildman–Crippen MR) is 110 cm³/mol. The lowest BCUT2D eigenvalue weighted by molar-refractivity contribution is -0.120. The van der Waals surface area contributed by atoms with E-state index in [9.17, 15) is 4.79 Å². The van der Waals surface area contributed by atoms with Crippen LogP contribution >= 0.6 is 11.8 Å². The Morgan fingerprint density at radius 3 is 2.56 bits per heavy atom. The van der Waals surface area contributed by atoms with Crippen molar-refractivity contribution in [2.45, 2.75) is 6.54 Å². The molecule has 6 heteroatoms. The molecule has 0 unspecified atom stereocenters. The molecule has 1 aliphatic heterocycles. The van der Waals surface area contributed by atoms with Gasteiger partial charge in [-0.1, -0.05) is 36.4 Å². The van der Waals surface area contributed by atoms with Crippen molar-refractivity contribution in [3.05, 3.63) is 60.2 Å². The molecule has 2 aromatic rings. The highest BCUT2D eigenvalue weighted by Gasteiger charge is 2.13. The monoisotopic (exact) mass is 386 g/mol. The zero-order valence-electron chi connectivity index (χ0n) is 15.4. The normalized spacial score (nSPS) is 14.7. The second-order valence-corrected chi connectivity index (χ2v) is 7.53. The zero-order chi connectivity index (χ0) is 18.7. The van der Waals surface area contributed by atoms with E-state index >= 15 is 0 Å². The Bertz CT molecular complexity index is 706. The van der Waals surface area contributed by atoms with Gasteiger partial charge in [0.25, 0.3) is 0 Å². The summed E-state index contributed by atoms with van der Waals surface area (Å²) in [6.07, 6.45) is 0. The minimum absolute atomic E-state index is 0.0207. The summed E-state index contributed by atoms with van der Waals surface area (Å²) in [7, 11) is 0. The molecule has 1 fully saturated rings. The summed E-state index contributed by atoms with van der Waals surface area (Å²) in [5.41, 5.74) is 2.01. The molecule has 27 heavy (non-hydrogen) atoms. The minimum Gasteiger partial charge on any atom is -0.491 e. The number of amides is 1. The number of thioether (sulfide) groups is 1. The number of carbonyl (C=O) groups excluding carboxylic acids is 1. The Morgan fingerprint density at radius 1 is 1.00 bits per heavy atom. The van der Waals surface area contributed by atoms with Gasteiger partial charge in [-0.3, -0.25) is 9.69 Å². The molecule has 1 N–H and O–H groups in total. The van der Waals surface area contributed by atoms with Crippen LogP contribution in [0, 0.1) is 0 Å². The number of carbonyl (C=O) groups is 1. The van der Waals surface area contributed by atoms with E-state index in [1.807, 2.05) is 60.3 Å². The predicted octanol–water partition coefficient (Wildman–Crippen LogP) is 3.27. The topological polar surface area (TPSA) is 50.8 Å². The molecule has 0 bridgehead atoms. The summed E-state index contributed by atoms with van der Waals surface area (Å²) >= 11 is 2.00. The van der Waals surface area contributed by atoms with Crippen molar-refractivity contribution in [1.82, 2.24) is 4.90 Å². The van der Waals surface area contributed by atoms with E-state index < -0.39 is 0 Å². The molecule has 5 nitrogen and oxygen atoms in total. The van der Waals surface area contributed by atoms with E-state index in [0.717, 1.165) is 36.6 Å². The average molecular weight is 387 g/mol. The molecular weight excluding hydrogens is 360 g/mol. The summed E-state index contributed by atoms with van der Waals surface area (Å²) in [5.74, 6) is 3.01. The maximum absolute atomic E-state index is 12.2. The lowest BCUT2D eigenvalue weighted by atomic mass is 10.1. The third-order valence-corrected chi connectivity index (χ3v) is 5.20. The molecule has 1 aliphatic rings. The van der Waals surface area contributed by atoms with E-state index in [0.29, 0.717) is 13.2 Å². The number of hydrogen-bond acceptors (Lipinski definition) is 5. The van der Waals surface area contributed by atoms with Gasteiger partial charge in [0.1, 0.15) is 19.0 Å². The van der Waals surface area contributed by atoms with Gasteiger partial charge in [-0.05, 0) is 23.8 Å². The van der Waals surface area contributed by atoms with Crippen LogP contribution in [0.3, 0.4) is 0 Å². The fourth-order valence-electron chi connectivity index (χ4n) is 2.87. The molecule has 0 radical (unpaired) electrons. The highest BCUT2D eigenvalue weighted by molar-refractivity contribution is 7.99. The van der Waals surface area contributed by atoms with Gasteiger partial charge in [0.15, 0.2) is 0 Å². The number of para-hydroxylation sites is 2. The molecule has 2 aromatic carbocycles. The van der Waals surface area contributed by atoms with Gasteiger partial charge >= 0.3 is 0 Å². The van der Waals surface area contributed by atoms with Crippen molar-refractivity contribution in [2.24, 2.45) is 0 Å². The number of nitrogens with one attached hydrogen (secondary N) is 1. The van der Waals surface area contributed by atoms with Gasteiger partial charge in [-0.2, -0.15) is 11.8 Å². The van der Waals surface area contributed by atoms with Crippen molar-refractivity contribution in [3.63, 3.8) is 0 Å². The summed E-state index contributed by atoms with van der Waals surface area (Å²) in [6.45, 7) is 3.86. The average Bonchev–Trinajstić information content (AvgIpc) is 2.71. The lowest BCUT2D eigenvalue weighted by Gasteiger charge is -2.27. The van der Waals surface area contributed by atoms with E-state index in [1.165, 1.54) is 11.5 Å². The van der Waals surface area contributed by atoms with Gasteiger partial charge in [-0.15, -0.1) is 0 Å². The molecule has 1 amide bonds. The quantitative estimate of drug-likeness (QED) is 0.671. The van der Waals surface area contributed by atoms with Crippen LogP contribution in [-0.4, -0.2) is 55.2 Å². The second kappa shape index (κ2) is 11.0. The van der Waals surface area contributed by atoms with E-state index in [1.54, 1.807) is 0 Å². The van der Waals surface area contributed by atoms with Gasteiger partial charge in [0, 0.05) is 36.8 Å². The minimum atomic E-state index is -0.142. The molecule has 0 aromatic heterocycles. The van der Waals surface area contributed by atoms with Crippen molar-refractivity contribution < 1.29 is 14.3 Å². The molecule has 1 saturated heterocycles. The first-order valence-electron chi connectivity index (χ1n) is 9.25. The van der Waals surface area contributed by atoms with Crippen LogP contribution in [0.2, 0.25) is 0 Å². The highest BCUT2D eigenvalue weighted by atomic mass is 32.2. The molecule has 3 rings (SSSR count). The lowest BCUT2D eigenvalue weighted by Crippen LogP contribution is -2.32. The number of rotatable bonds is 9.